The largest absolute Gasteiger partial charge is 0.349 e. The predicted octanol–water partition coefficient (Wildman–Crippen LogP) is 3.16. The van der Waals surface area contributed by atoms with Gasteiger partial charge in [0.15, 0.2) is 5.78 Å². The molecule has 0 saturated carbocycles. The van der Waals surface area contributed by atoms with Crippen molar-refractivity contribution in [1.82, 2.24) is 14.8 Å². The van der Waals surface area contributed by atoms with Crippen molar-refractivity contribution in [2.75, 3.05) is 6.54 Å². The Kier molecular flexibility index (Phi) is 4.91. The van der Waals surface area contributed by atoms with Gasteiger partial charge in [-0.3, -0.25) is 14.5 Å². The number of imide groups is 1. The zero-order chi connectivity index (χ0) is 19.8. The number of hydrogen-bond donors (Lipinski definition) is 1. The molecule has 2 aromatic rings. The fraction of sp³-hybridized carbons (Fsp3) is 0.381. The molecule has 27 heavy (non-hydrogen) atoms. The van der Waals surface area contributed by atoms with E-state index in [-0.39, 0.29) is 18.2 Å². The van der Waals surface area contributed by atoms with Crippen LogP contribution in [0.3, 0.4) is 0 Å². The molecule has 1 aromatic heterocycles. The van der Waals surface area contributed by atoms with Crippen LogP contribution in [-0.2, 0) is 16.9 Å². The maximum atomic E-state index is 13.1. The second-order valence-electron chi connectivity index (χ2n) is 6.90. The van der Waals surface area contributed by atoms with Gasteiger partial charge in [-0.2, -0.15) is 0 Å². The molecule has 0 aliphatic carbocycles. The van der Waals surface area contributed by atoms with E-state index >= 15 is 0 Å². The molecule has 2 heterocycles. The van der Waals surface area contributed by atoms with Gasteiger partial charge in [-0.25, -0.2) is 4.79 Å². The van der Waals surface area contributed by atoms with Crippen molar-refractivity contribution in [3.05, 3.63) is 58.9 Å². The summed E-state index contributed by atoms with van der Waals surface area (Å²) in [6.07, 6.45) is 0.413. The van der Waals surface area contributed by atoms with Crippen molar-refractivity contribution < 1.29 is 14.4 Å². The van der Waals surface area contributed by atoms with E-state index < -0.39 is 11.6 Å². The fourth-order valence-corrected chi connectivity index (χ4v) is 3.93. The topological polar surface area (TPSA) is 71.4 Å². The van der Waals surface area contributed by atoms with Gasteiger partial charge in [0.1, 0.15) is 5.54 Å². The molecular formula is C21H25N3O3. The molecule has 0 unspecified atom stereocenters. The second kappa shape index (κ2) is 7.02. The summed E-state index contributed by atoms with van der Waals surface area (Å²) in [7, 11) is 0. The molecule has 1 saturated heterocycles. The molecule has 6 heteroatoms. The van der Waals surface area contributed by atoms with Crippen LogP contribution in [-0.4, -0.2) is 33.7 Å². The first-order valence-corrected chi connectivity index (χ1v) is 9.25. The Morgan fingerprint density at radius 3 is 2.33 bits per heavy atom. The minimum Gasteiger partial charge on any atom is -0.349 e. The van der Waals surface area contributed by atoms with Gasteiger partial charge in [0.05, 0.1) is 6.54 Å². The Morgan fingerprint density at radius 2 is 1.78 bits per heavy atom. The number of hydrogen-bond acceptors (Lipinski definition) is 3. The maximum absolute atomic E-state index is 13.1. The van der Waals surface area contributed by atoms with Crippen LogP contribution in [0.4, 0.5) is 4.79 Å². The summed E-state index contributed by atoms with van der Waals surface area (Å²) in [4.78, 5) is 39.6. The number of rotatable bonds is 6. The Hall–Kier alpha value is -2.89. The Labute approximate surface area is 159 Å². The fourth-order valence-electron chi connectivity index (χ4n) is 3.93. The highest BCUT2D eigenvalue weighted by Crippen LogP contribution is 2.32. The van der Waals surface area contributed by atoms with Gasteiger partial charge in [0.2, 0.25) is 0 Å². The van der Waals surface area contributed by atoms with Gasteiger partial charge in [-0.1, -0.05) is 37.3 Å². The molecule has 0 bridgehead atoms. The monoisotopic (exact) mass is 367 g/mol. The number of aromatic nitrogens is 1. The average molecular weight is 367 g/mol. The predicted molar refractivity (Wildman–Crippen MR) is 103 cm³/mol. The van der Waals surface area contributed by atoms with E-state index in [4.69, 9.17) is 0 Å². The van der Waals surface area contributed by atoms with Crippen LogP contribution < -0.4 is 5.32 Å². The van der Waals surface area contributed by atoms with Crippen molar-refractivity contribution in [2.45, 2.75) is 46.2 Å². The summed E-state index contributed by atoms with van der Waals surface area (Å²) in [5.41, 5.74) is 2.02. The van der Waals surface area contributed by atoms with Gasteiger partial charge < -0.3 is 9.88 Å². The molecule has 1 aliphatic heterocycles. The summed E-state index contributed by atoms with van der Waals surface area (Å²) in [6.45, 7) is 8.20. The number of ketones is 1. The van der Waals surface area contributed by atoms with Crippen LogP contribution in [0, 0.1) is 13.8 Å². The lowest BCUT2D eigenvalue weighted by Gasteiger charge is -2.25. The number of amides is 3. The van der Waals surface area contributed by atoms with Crippen molar-refractivity contribution in [3.8, 4) is 0 Å². The molecule has 6 nitrogen and oxygen atoms in total. The lowest BCUT2D eigenvalue weighted by Crippen LogP contribution is -2.43. The first-order chi connectivity index (χ1) is 12.9. The van der Waals surface area contributed by atoms with E-state index in [1.54, 1.807) is 0 Å². The molecule has 1 aliphatic rings. The summed E-state index contributed by atoms with van der Waals surface area (Å²) in [6, 6.07) is 10.5. The van der Waals surface area contributed by atoms with Crippen LogP contribution in [0.5, 0.6) is 0 Å². The molecule has 1 N–H and O–H groups in total. The van der Waals surface area contributed by atoms with Crippen LogP contribution in [0.15, 0.2) is 36.4 Å². The first-order valence-electron chi connectivity index (χ1n) is 9.25. The third-order valence-electron chi connectivity index (χ3n) is 5.46. The van der Waals surface area contributed by atoms with Gasteiger partial charge in [-0.15, -0.1) is 0 Å². The van der Waals surface area contributed by atoms with E-state index in [1.165, 1.54) is 0 Å². The number of benzene rings is 1. The van der Waals surface area contributed by atoms with E-state index in [0.717, 1.165) is 28.4 Å². The van der Waals surface area contributed by atoms with Crippen LogP contribution >= 0.6 is 0 Å². The summed E-state index contributed by atoms with van der Waals surface area (Å²) >= 11 is 0. The van der Waals surface area contributed by atoms with Gasteiger partial charge in [-0.05, 0) is 38.8 Å². The number of aryl methyl sites for hydroxylation is 1. The Balaban J connectivity index is 1.89. The summed E-state index contributed by atoms with van der Waals surface area (Å²) in [5.74, 6) is -0.606. The smallest absolute Gasteiger partial charge is 0.325 e. The molecule has 1 aromatic carbocycles. The van der Waals surface area contributed by atoms with E-state index in [2.05, 4.69) is 5.32 Å². The maximum Gasteiger partial charge on any atom is 0.325 e. The van der Waals surface area contributed by atoms with Crippen molar-refractivity contribution in [1.29, 1.82) is 0 Å². The number of carbonyl (C=O) groups is 3. The lowest BCUT2D eigenvalue weighted by molar-refractivity contribution is -0.131. The van der Waals surface area contributed by atoms with Crippen LogP contribution in [0.25, 0.3) is 0 Å². The number of nitrogens with zero attached hydrogens (tertiary/aromatic N) is 2. The van der Waals surface area contributed by atoms with Crippen molar-refractivity contribution >= 4 is 17.7 Å². The minimum absolute atomic E-state index is 0.230. The third-order valence-corrected chi connectivity index (χ3v) is 5.46. The highest BCUT2D eigenvalue weighted by Gasteiger charge is 2.51. The molecule has 3 amide bonds. The minimum atomic E-state index is -1.11. The third kappa shape index (κ3) is 2.95. The number of carbonyl (C=O) groups excluding carboxylic acids is 3. The molecule has 0 radical (unpaired) electrons. The standard InChI is InChI=1S/C21H25N3O3/c1-5-21(16-10-8-7-9-11-16)19(26)24(20(27)22-21)13-18(25)17-12-14(3)23(6-2)15(17)4/h7-12H,5-6,13H2,1-4H3,(H,22,27)/t21-/m1/s1. The first kappa shape index (κ1) is 18.9. The number of Topliss-reactive ketones (excluding diaryl/α,β-unsaturated/α-hetero) is 1. The number of urea groups is 1. The molecular weight excluding hydrogens is 342 g/mol. The van der Waals surface area contributed by atoms with Gasteiger partial charge in [0.25, 0.3) is 5.91 Å². The van der Waals surface area contributed by atoms with Crippen molar-refractivity contribution in [3.63, 3.8) is 0 Å². The molecule has 3 rings (SSSR count). The molecule has 142 valence electrons. The Morgan fingerprint density at radius 1 is 1.11 bits per heavy atom. The summed E-state index contributed by atoms with van der Waals surface area (Å²) in [5, 5.41) is 2.81. The molecule has 1 fully saturated rings. The highest BCUT2D eigenvalue weighted by atomic mass is 16.2. The highest BCUT2D eigenvalue weighted by molar-refractivity contribution is 6.11. The second-order valence-corrected chi connectivity index (χ2v) is 6.90. The van der Waals surface area contributed by atoms with E-state index in [0.29, 0.717) is 12.0 Å². The van der Waals surface area contributed by atoms with Gasteiger partial charge >= 0.3 is 6.03 Å². The summed E-state index contributed by atoms with van der Waals surface area (Å²) < 4.78 is 2.04. The quantitative estimate of drug-likeness (QED) is 0.630. The SMILES string of the molecule is CCn1c(C)cc(C(=O)CN2C(=O)N[C@](CC)(c3ccccc3)C2=O)c1C. The Bertz CT molecular complexity index is 901. The zero-order valence-corrected chi connectivity index (χ0v) is 16.2. The van der Waals surface area contributed by atoms with E-state index in [9.17, 15) is 14.4 Å². The van der Waals surface area contributed by atoms with Crippen LogP contribution in [0.2, 0.25) is 0 Å². The lowest BCUT2D eigenvalue weighted by atomic mass is 9.87. The van der Waals surface area contributed by atoms with Gasteiger partial charge in [0, 0.05) is 23.5 Å². The molecule has 0 spiro atoms. The van der Waals surface area contributed by atoms with E-state index in [1.807, 2.05) is 68.7 Å². The van der Waals surface area contributed by atoms with Crippen LogP contribution in [0.1, 0.15) is 47.6 Å². The normalized spacial score (nSPS) is 19.5. The van der Waals surface area contributed by atoms with Crippen molar-refractivity contribution in [2.24, 2.45) is 0 Å². The number of nitrogens with one attached hydrogen (secondary N) is 1. The molecule has 1 atom stereocenters. The average Bonchev–Trinajstić information content (AvgIpc) is 3.10. The zero-order valence-electron chi connectivity index (χ0n) is 16.2.